The van der Waals surface area contributed by atoms with Crippen molar-refractivity contribution in [2.45, 2.75) is 32.1 Å². The highest BCUT2D eigenvalue weighted by Crippen LogP contribution is 2.35. The number of hydrogen-bond acceptors (Lipinski definition) is 9. The highest BCUT2D eigenvalue weighted by Gasteiger charge is 2.31. The van der Waals surface area contributed by atoms with Crippen LogP contribution in [-0.2, 0) is 9.53 Å². The molecule has 5 rings (SSSR count). The number of hydrogen-bond donors (Lipinski definition) is 2. The Morgan fingerprint density at radius 3 is 2.55 bits per heavy atom. The fourth-order valence-electron chi connectivity index (χ4n) is 4.99. The van der Waals surface area contributed by atoms with E-state index in [1.165, 1.54) is 13.2 Å². The lowest BCUT2D eigenvalue weighted by Gasteiger charge is -2.41. The normalized spacial score (nSPS) is 17.4. The number of piperazine rings is 1. The van der Waals surface area contributed by atoms with E-state index in [2.05, 4.69) is 20.3 Å². The van der Waals surface area contributed by atoms with E-state index in [-0.39, 0.29) is 30.0 Å². The summed E-state index contributed by atoms with van der Waals surface area (Å²) < 4.78 is 19.3. The summed E-state index contributed by atoms with van der Waals surface area (Å²) in [5, 5.41) is 4.61. The number of nitrogens with one attached hydrogen (secondary N) is 1. The largest absolute Gasteiger partial charge is 0.468 e. The first-order valence-electron chi connectivity index (χ1n) is 13.0. The first kappa shape index (κ1) is 27.7. The molecule has 0 bridgehead atoms. The highest BCUT2D eigenvalue weighted by molar-refractivity contribution is 6.34. The van der Waals surface area contributed by atoms with Crippen molar-refractivity contribution in [3.8, 4) is 11.1 Å². The smallest absolute Gasteiger partial charge is 0.322 e. The van der Waals surface area contributed by atoms with Crippen LogP contribution in [0, 0.1) is 5.82 Å². The van der Waals surface area contributed by atoms with Gasteiger partial charge >= 0.3 is 5.97 Å². The van der Waals surface area contributed by atoms with E-state index in [1.807, 2.05) is 41.8 Å². The van der Waals surface area contributed by atoms with Gasteiger partial charge in [0, 0.05) is 54.7 Å². The van der Waals surface area contributed by atoms with Crippen LogP contribution < -0.4 is 16.0 Å². The molecule has 1 aliphatic rings. The van der Waals surface area contributed by atoms with Crippen molar-refractivity contribution < 1.29 is 13.9 Å². The number of carbonyl (C=O) groups excluding carboxylic acids is 1. The monoisotopic (exact) mass is 563 g/mol. The van der Waals surface area contributed by atoms with Crippen molar-refractivity contribution in [3.63, 3.8) is 0 Å². The third kappa shape index (κ3) is 5.56. The van der Waals surface area contributed by atoms with Gasteiger partial charge in [0.1, 0.15) is 11.9 Å². The van der Waals surface area contributed by atoms with E-state index >= 15 is 0 Å². The fraction of sp³-hybridized carbons (Fsp3) is 0.310. The molecule has 3 atom stereocenters. The lowest BCUT2D eigenvalue weighted by atomic mass is 10.0. The number of fused-ring (bicyclic) bond motifs is 1. The first-order valence-corrected chi connectivity index (χ1v) is 13.4. The number of anilines is 2. The molecule has 2 unspecified atom stereocenters. The van der Waals surface area contributed by atoms with Crippen LogP contribution in [0.4, 0.5) is 16.0 Å². The van der Waals surface area contributed by atoms with Gasteiger partial charge in [-0.05, 0) is 37.6 Å². The molecule has 1 aliphatic heterocycles. The number of nitrogens with zero attached hydrogens (tertiary/aromatic N) is 5. The van der Waals surface area contributed by atoms with Gasteiger partial charge in [0.2, 0.25) is 5.95 Å². The molecule has 0 saturated carbocycles. The Bertz CT molecular complexity index is 1520. The Morgan fingerprint density at radius 2 is 1.85 bits per heavy atom. The third-order valence-corrected chi connectivity index (χ3v) is 7.61. The first-order chi connectivity index (χ1) is 19.3. The number of methoxy groups -OCH3 is 1. The van der Waals surface area contributed by atoms with E-state index in [0.717, 1.165) is 22.0 Å². The predicted molar refractivity (Wildman–Crippen MR) is 155 cm³/mol. The van der Waals surface area contributed by atoms with Crippen LogP contribution in [0.3, 0.4) is 0 Å². The van der Waals surface area contributed by atoms with Gasteiger partial charge < -0.3 is 20.7 Å². The van der Waals surface area contributed by atoms with Gasteiger partial charge in [0.25, 0.3) is 0 Å². The lowest BCUT2D eigenvalue weighted by Crippen LogP contribution is -2.60. The molecule has 3 heterocycles. The summed E-state index contributed by atoms with van der Waals surface area (Å²) in [6.45, 7) is 5.40. The topological polar surface area (TPSA) is 110 Å². The molecule has 0 amide bonds. The number of rotatable bonds is 7. The molecule has 1 fully saturated rings. The van der Waals surface area contributed by atoms with E-state index in [9.17, 15) is 9.18 Å². The number of esters is 1. The van der Waals surface area contributed by atoms with Gasteiger partial charge in [-0.15, -0.1) is 0 Å². The zero-order valence-corrected chi connectivity index (χ0v) is 23.3. The number of ether oxygens (including phenoxy) is 1. The molecule has 11 heteroatoms. The fourth-order valence-corrected chi connectivity index (χ4v) is 5.19. The number of halogens is 2. The minimum absolute atomic E-state index is 0.283. The van der Waals surface area contributed by atoms with Crippen molar-refractivity contribution in [1.29, 1.82) is 0 Å². The average Bonchev–Trinajstić information content (AvgIpc) is 2.97. The lowest BCUT2D eigenvalue weighted by molar-refractivity contribution is -0.146. The van der Waals surface area contributed by atoms with Gasteiger partial charge in [-0.1, -0.05) is 35.9 Å². The maximum Gasteiger partial charge on any atom is 0.322 e. The van der Waals surface area contributed by atoms with Crippen LogP contribution in [0.5, 0.6) is 0 Å². The molecule has 3 N–H and O–H groups in total. The SMILES string of the molecule is COC(=O)C(C)N1CCN(c2ncc(-c3ccc4ncc(Cl)c(N[C@H](C)c5ccccc5F)c4c3)cn2)C(N)C1. The Kier molecular flexibility index (Phi) is 8.11. The zero-order valence-electron chi connectivity index (χ0n) is 22.5. The number of nitrogens with two attached hydrogens (primary N) is 1. The number of carbonyl (C=O) groups is 1. The summed E-state index contributed by atoms with van der Waals surface area (Å²) in [6, 6.07) is 11.8. The molecular formula is C29H31ClFN7O2. The minimum Gasteiger partial charge on any atom is -0.468 e. The van der Waals surface area contributed by atoms with Crippen LogP contribution in [0.2, 0.25) is 5.02 Å². The van der Waals surface area contributed by atoms with Crippen LogP contribution in [0.25, 0.3) is 22.0 Å². The van der Waals surface area contributed by atoms with Crippen LogP contribution in [0.15, 0.2) is 61.1 Å². The van der Waals surface area contributed by atoms with Gasteiger partial charge in [0.15, 0.2) is 0 Å². The molecule has 40 heavy (non-hydrogen) atoms. The molecule has 0 spiro atoms. The molecule has 0 aliphatic carbocycles. The van der Waals surface area contributed by atoms with Crippen molar-refractivity contribution in [2.24, 2.45) is 5.73 Å². The van der Waals surface area contributed by atoms with E-state index in [4.69, 9.17) is 22.1 Å². The standard InChI is InChI=1S/C29H31ClFN7O2/c1-17(21-6-4-5-7-24(21)31)36-27-22-12-19(8-9-25(22)33-15-23(27)30)20-13-34-29(35-14-20)38-11-10-37(16-26(38)32)18(2)28(39)40-3/h4-9,12-15,17-18,26H,10-11,16,32H2,1-3H3,(H,33,36)/t17-,18?,26?/m1/s1. The highest BCUT2D eigenvalue weighted by atomic mass is 35.5. The summed E-state index contributed by atoms with van der Waals surface area (Å²) in [5.41, 5.74) is 10.1. The molecule has 2 aromatic heterocycles. The summed E-state index contributed by atoms with van der Waals surface area (Å²) >= 11 is 6.56. The molecule has 208 valence electrons. The average molecular weight is 564 g/mol. The number of benzene rings is 2. The molecule has 1 saturated heterocycles. The quantitative estimate of drug-likeness (QED) is 0.311. The van der Waals surface area contributed by atoms with Crippen molar-refractivity contribution >= 4 is 40.1 Å². The van der Waals surface area contributed by atoms with E-state index in [1.54, 1.807) is 36.8 Å². The summed E-state index contributed by atoms with van der Waals surface area (Å²) in [5.74, 6) is -0.0459. The Balaban J connectivity index is 1.37. The molecular weight excluding hydrogens is 533 g/mol. The van der Waals surface area contributed by atoms with Crippen molar-refractivity contribution in [1.82, 2.24) is 19.9 Å². The molecule has 9 nitrogen and oxygen atoms in total. The second-order valence-electron chi connectivity index (χ2n) is 9.83. The van der Waals surface area contributed by atoms with E-state index in [0.29, 0.717) is 41.9 Å². The maximum atomic E-state index is 14.4. The summed E-state index contributed by atoms with van der Waals surface area (Å²) in [4.78, 5) is 29.5. The molecule has 0 radical (unpaired) electrons. The number of pyridine rings is 1. The zero-order chi connectivity index (χ0) is 28.4. The van der Waals surface area contributed by atoms with Crippen molar-refractivity contribution in [3.05, 3.63) is 77.5 Å². The predicted octanol–water partition coefficient (Wildman–Crippen LogP) is 4.63. The Labute approximate surface area is 237 Å². The third-order valence-electron chi connectivity index (χ3n) is 7.32. The van der Waals surface area contributed by atoms with Gasteiger partial charge in [-0.25, -0.2) is 14.4 Å². The van der Waals surface area contributed by atoms with Gasteiger partial charge in [0.05, 0.1) is 35.5 Å². The van der Waals surface area contributed by atoms with Gasteiger partial charge in [-0.3, -0.25) is 14.7 Å². The van der Waals surface area contributed by atoms with Crippen molar-refractivity contribution in [2.75, 3.05) is 37.0 Å². The molecule has 4 aromatic rings. The number of aromatic nitrogens is 3. The van der Waals surface area contributed by atoms with Crippen LogP contribution in [0.1, 0.15) is 25.5 Å². The minimum atomic E-state index is -0.370. The van der Waals surface area contributed by atoms with Gasteiger partial charge in [-0.2, -0.15) is 0 Å². The van der Waals surface area contributed by atoms with Crippen LogP contribution in [-0.4, -0.2) is 64.8 Å². The Morgan fingerprint density at radius 1 is 1.10 bits per heavy atom. The second-order valence-corrected chi connectivity index (χ2v) is 10.2. The summed E-state index contributed by atoms with van der Waals surface area (Å²) in [6.07, 6.45) is 4.73. The summed E-state index contributed by atoms with van der Waals surface area (Å²) in [7, 11) is 1.38. The Hall–Kier alpha value is -3.86. The maximum absolute atomic E-state index is 14.4. The van der Waals surface area contributed by atoms with E-state index < -0.39 is 0 Å². The second kappa shape index (κ2) is 11.7. The molecule has 2 aromatic carbocycles. The van der Waals surface area contributed by atoms with Crippen LogP contribution >= 0.6 is 11.6 Å².